The van der Waals surface area contributed by atoms with Gasteiger partial charge in [-0.3, -0.25) is 4.79 Å². The van der Waals surface area contributed by atoms with Gasteiger partial charge in [-0.15, -0.1) is 0 Å². The number of esters is 1. The summed E-state index contributed by atoms with van der Waals surface area (Å²) in [4.78, 5) is 22.7. The molecule has 1 rings (SSSR count). The zero-order chi connectivity index (χ0) is 13.1. The van der Waals surface area contributed by atoms with Gasteiger partial charge in [0.1, 0.15) is 5.60 Å². The van der Waals surface area contributed by atoms with Crippen LogP contribution < -0.4 is 5.32 Å². The molecule has 5 heteroatoms. The first-order chi connectivity index (χ1) is 7.81. The van der Waals surface area contributed by atoms with Gasteiger partial charge in [0, 0.05) is 0 Å². The van der Waals surface area contributed by atoms with Crippen LogP contribution in [0.25, 0.3) is 0 Å². The SMILES string of the molecule is COC(=O)C1C=C[C@H](NC(=O)OC(C)(C)C)C1. The van der Waals surface area contributed by atoms with Crippen molar-refractivity contribution in [2.24, 2.45) is 5.92 Å². The number of methoxy groups -OCH3 is 1. The van der Waals surface area contributed by atoms with E-state index in [2.05, 4.69) is 10.1 Å². The van der Waals surface area contributed by atoms with Gasteiger partial charge in [0.05, 0.1) is 19.1 Å². The topological polar surface area (TPSA) is 64.6 Å². The van der Waals surface area contributed by atoms with Crippen molar-refractivity contribution in [3.05, 3.63) is 12.2 Å². The number of ether oxygens (including phenoxy) is 2. The van der Waals surface area contributed by atoms with E-state index in [1.165, 1.54) is 7.11 Å². The summed E-state index contributed by atoms with van der Waals surface area (Å²) in [5.74, 6) is -0.560. The van der Waals surface area contributed by atoms with Crippen molar-refractivity contribution in [1.29, 1.82) is 0 Å². The lowest BCUT2D eigenvalue weighted by Crippen LogP contribution is -2.38. The molecule has 0 heterocycles. The third-order valence-electron chi connectivity index (χ3n) is 2.29. The van der Waals surface area contributed by atoms with E-state index in [4.69, 9.17) is 4.74 Å². The van der Waals surface area contributed by atoms with Crippen LogP contribution in [-0.4, -0.2) is 30.8 Å². The van der Waals surface area contributed by atoms with Crippen LogP contribution in [0.2, 0.25) is 0 Å². The van der Waals surface area contributed by atoms with Crippen LogP contribution in [-0.2, 0) is 14.3 Å². The number of hydrogen-bond acceptors (Lipinski definition) is 4. The minimum atomic E-state index is -0.520. The fraction of sp³-hybridized carbons (Fsp3) is 0.667. The number of carbonyl (C=O) groups is 2. The zero-order valence-corrected chi connectivity index (χ0v) is 10.6. The highest BCUT2D eigenvalue weighted by atomic mass is 16.6. The Hall–Kier alpha value is -1.52. The van der Waals surface area contributed by atoms with E-state index < -0.39 is 11.7 Å². The Bertz CT molecular complexity index is 330. The molecular formula is C12H19NO4. The molecule has 0 saturated heterocycles. The standard InChI is InChI=1S/C12H19NO4/c1-12(2,3)17-11(15)13-9-6-5-8(7-9)10(14)16-4/h5-6,8-9H,7H2,1-4H3,(H,13,15)/t8?,9-/m0/s1. The van der Waals surface area contributed by atoms with Crippen LogP contribution >= 0.6 is 0 Å². The first-order valence-electron chi connectivity index (χ1n) is 5.57. The van der Waals surface area contributed by atoms with Crippen molar-refractivity contribution in [1.82, 2.24) is 5.32 Å². The molecule has 0 spiro atoms. The first-order valence-corrected chi connectivity index (χ1v) is 5.57. The highest BCUT2D eigenvalue weighted by molar-refractivity contribution is 5.75. The molecule has 1 unspecified atom stereocenters. The van der Waals surface area contributed by atoms with E-state index in [0.717, 1.165) is 0 Å². The Morgan fingerprint density at radius 3 is 2.47 bits per heavy atom. The normalized spacial score (nSPS) is 23.3. The van der Waals surface area contributed by atoms with Gasteiger partial charge in [-0.05, 0) is 27.2 Å². The summed E-state index contributed by atoms with van der Waals surface area (Å²) in [6.07, 6.45) is 3.57. The monoisotopic (exact) mass is 241 g/mol. The van der Waals surface area contributed by atoms with Crippen molar-refractivity contribution < 1.29 is 19.1 Å². The Kier molecular flexibility index (Phi) is 4.15. The first kappa shape index (κ1) is 13.5. The molecule has 17 heavy (non-hydrogen) atoms. The second-order valence-corrected chi connectivity index (χ2v) is 5.00. The van der Waals surface area contributed by atoms with Crippen molar-refractivity contribution in [2.75, 3.05) is 7.11 Å². The van der Waals surface area contributed by atoms with Crippen LogP contribution in [0.1, 0.15) is 27.2 Å². The average molecular weight is 241 g/mol. The molecule has 0 saturated carbocycles. The van der Waals surface area contributed by atoms with E-state index in [1.807, 2.05) is 0 Å². The number of hydrogen-bond donors (Lipinski definition) is 1. The summed E-state index contributed by atoms with van der Waals surface area (Å²) in [5, 5.41) is 2.69. The molecular weight excluding hydrogens is 222 g/mol. The lowest BCUT2D eigenvalue weighted by molar-refractivity contribution is -0.143. The highest BCUT2D eigenvalue weighted by Gasteiger charge is 2.27. The number of carbonyl (C=O) groups excluding carboxylic acids is 2. The van der Waals surface area contributed by atoms with Gasteiger partial charge in [0.2, 0.25) is 0 Å². The molecule has 2 atom stereocenters. The van der Waals surface area contributed by atoms with Crippen molar-refractivity contribution in [2.45, 2.75) is 38.8 Å². The number of amides is 1. The van der Waals surface area contributed by atoms with Gasteiger partial charge in [-0.2, -0.15) is 0 Å². The lowest BCUT2D eigenvalue weighted by Gasteiger charge is -2.21. The third-order valence-corrected chi connectivity index (χ3v) is 2.29. The second-order valence-electron chi connectivity index (χ2n) is 5.00. The van der Waals surface area contributed by atoms with Gasteiger partial charge in [0.15, 0.2) is 0 Å². The van der Waals surface area contributed by atoms with Gasteiger partial charge in [-0.25, -0.2) is 4.79 Å². The summed E-state index contributed by atoms with van der Waals surface area (Å²) in [6, 6.07) is -0.172. The molecule has 96 valence electrons. The molecule has 0 fully saturated rings. The maximum absolute atomic E-state index is 11.5. The van der Waals surface area contributed by atoms with Gasteiger partial charge in [0.25, 0.3) is 0 Å². The number of nitrogens with one attached hydrogen (secondary N) is 1. The Balaban J connectivity index is 2.39. The third kappa shape index (κ3) is 4.46. The maximum atomic E-state index is 11.5. The fourth-order valence-electron chi connectivity index (χ4n) is 1.59. The van der Waals surface area contributed by atoms with Crippen molar-refractivity contribution >= 4 is 12.1 Å². The van der Waals surface area contributed by atoms with E-state index in [0.29, 0.717) is 6.42 Å². The molecule has 0 aliphatic heterocycles. The summed E-state index contributed by atoms with van der Waals surface area (Å²) in [6.45, 7) is 5.40. The Morgan fingerprint density at radius 2 is 1.94 bits per heavy atom. The number of rotatable bonds is 2. The minimum Gasteiger partial charge on any atom is -0.469 e. The largest absolute Gasteiger partial charge is 0.469 e. The Morgan fingerprint density at radius 1 is 1.29 bits per heavy atom. The molecule has 0 aromatic rings. The molecule has 0 radical (unpaired) electrons. The van der Waals surface area contributed by atoms with Crippen molar-refractivity contribution in [3.63, 3.8) is 0 Å². The van der Waals surface area contributed by atoms with Crippen LogP contribution in [0.5, 0.6) is 0 Å². The summed E-state index contributed by atoms with van der Waals surface area (Å²) >= 11 is 0. The molecule has 0 aromatic carbocycles. The molecule has 5 nitrogen and oxygen atoms in total. The maximum Gasteiger partial charge on any atom is 0.408 e. The van der Waals surface area contributed by atoms with Gasteiger partial charge < -0.3 is 14.8 Å². The summed E-state index contributed by atoms with van der Waals surface area (Å²) in [5.41, 5.74) is -0.520. The smallest absolute Gasteiger partial charge is 0.408 e. The van der Waals surface area contributed by atoms with Crippen LogP contribution in [0.15, 0.2) is 12.2 Å². The highest BCUT2D eigenvalue weighted by Crippen LogP contribution is 2.19. The van der Waals surface area contributed by atoms with Crippen LogP contribution in [0, 0.1) is 5.92 Å². The van der Waals surface area contributed by atoms with Crippen LogP contribution in [0.4, 0.5) is 4.79 Å². The van der Waals surface area contributed by atoms with E-state index in [9.17, 15) is 9.59 Å². The van der Waals surface area contributed by atoms with E-state index in [-0.39, 0.29) is 17.9 Å². The molecule has 1 aliphatic carbocycles. The van der Waals surface area contributed by atoms with E-state index in [1.54, 1.807) is 32.9 Å². The molecule has 0 aromatic heterocycles. The minimum absolute atomic E-state index is 0.172. The Labute approximate surface area is 101 Å². The predicted molar refractivity (Wildman–Crippen MR) is 62.4 cm³/mol. The van der Waals surface area contributed by atoms with Gasteiger partial charge >= 0.3 is 12.1 Å². The van der Waals surface area contributed by atoms with Crippen LogP contribution in [0.3, 0.4) is 0 Å². The molecule has 1 amide bonds. The lowest BCUT2D eigenvalue weighted by atomic mass is 10.1. The molecule has 1 aliphatic rings. The second kappa shape index (κ2) is 5.21. The summed E-state index contributed by atoms with van der Waals surface area (Å²) in [7, 11) is 1.35. The fourth-order valence-corrected chi connectivity index (χ4v) is 1.59. The molecule has 0 bridgehead atoms. The van der Waals surface area contributed by atoms with Gasteiger partial charge in [-0.1, -0.05) is 12.2 Å². The predicted octanol–water partition coefficient (Wildman–Crippen LogP) is 1.63. The van der Waals surface area contributed by atoms with E-state index >= 15 is 0 Å². The number of alkyl carbamates (subject to hydrolysis) is 1. The zero-order valence-electron chi connectivity index (χ0n) is 10.6. The summed E-state index contributed by atoms with van der Waals surface area (Å²) < 4.78 is 9.76. The van der Waals surface area contributed by atoms with Crippen molar-refractivity contribution in [3.8, 4) is 0 Å². The quantitative estimate of drug-likeness (QED) is 0.589. The average Bonchev–Trinajstić information content (AvgIpc) is 2.62. The molecule has 1 N–H and O–H groups in total.